The summed E-state index contributed by atoms with van der Waals surface area (Å²) >= 11 is 0. The van der Waals surface area contributed by atoms with E-state index in [1.54, 1.807) is 0 Å². The Balaban J connectivity index is 1.17. The third-order valence-electron chi connectivity index (χ3n) is 6.42. The molecule has 0 bridgehead atoms. The van der Waals surface area contributed by atoms with Crippen molar-refractivity contribution >= 4 is 5.82 Å². The molecule has 1 saturated heterocycles. The van der Waals surface area contributed by atoms with Crippen molar-refractivity contribution in [1.82, 2.24) is 9.88 Å². The third-order valence-corrected chi connectivity index (χ3v) is 6.42. The summed E-state index contributed by atoms with van der Waals surface area (Å²) in [5.74, 6) is 2.23. The number of fused-ring (bicyclic) bond motifs is 1. The van der Waals surface area contributed by atoms with Gasteiger partial charge in [0.2, 0.25) is 0 Å². The van der Waals surface area contributed by atoms with Crippen LogP contribution in [0, 0.1) is 5.92 Å². The van der Waals surface area contributed by atoms with E-state index in [0.717, 1.165) is 82.9 Å². The summed E-state index contributed by atoms with van der Waals surface area (Å²) in [6.07, 6.45) is 1.88. The maximum Gasteiger partial charge on any atom is 0.417 e. The van der Waals surface area contributed by atoms with Gasteiger partial charge >= 0.3 is 6.18 Å². The van der Waals surface area contributed by atoms with E-state index in [9.17, 15) is 13.2 Å². The van der Waals surface area contributed by atoms with Gasteiger partial charge in [-0.05, 0) is 80.5 Å². The first-order chi connectivity index (χ1) is 14.9. The predicted octanol–water partition coefficient (Wildman–Crippen LogP) is 5.16. The Labute approximate surface area is 182 Å². The summed E-state index contributed by atoms with van der Waals surface area (Å²) in [5, 5.41) is 0. The minimum Gasteiger partial charge on any atom is -0.494 e. The molecule has 0 spiro atoms. The monoisotopic (exact) mass is 433 g/mol. The Morgan fingerprint density at radius 2 is 1.87 bits per heavy atom. The number of nitrogens with zero attached hydrogens (tertiary/aromatic N) is 3. The van der Waals surface area contributed by atoms with Gasteiger partial charge in [0.25, 0.3) is 0 Å². The van der Waals surface area contributed by atoms with Gasteiger partial charge < -0.3 is 14.5 Å². The average Bonchev–Trinajstić information content (AvgIpc) is 2.77. The van der Waals surface area contributed by atoms with E-state index in [2.05, 4.69) is 40.0 Å². The number of piperidine rings is 1. The number of likely N-dealkylation sites (N-methyl/N-ethyl adjacent to an activating group) is 1. The molecule has 31 heavy (non-hydrogen) atoms. The standard InChI is InChI=1S/C24H30F3N3O/c1-29-11-10-19-15-22(6-4-20(19)17-29)31-14-2-3-18-8-12-30(13-9-18)23-7-5-21(16-28-23)24(25,26)27/h4-7,15-16,18H,2-3,8-14,17H2,1H3. The summed E-state index contributed by atoms with van der Waals surface area (Å²) in [4.78, 5) is 8.44. The van der Waals surface area contributed by atoms with Crippen molar-refractivity contribution in [2.24, 2.45) is 5.92 Å². The maximum atomic E-state index is 12.7. The van der Waals surface area contributed by atoms with Crippen molar-refractivity contribution in [3.8, 4) is 5.75 Å². The van der Waals surface area contributed by atoms with Gasteiger partial charge in [0, 0.05) is 32.4 Å². The van der Waals surface area contributed by atoms with Crippen molar-refractivity contribution in [2.75, 3.05) is 38.2 Å². The van der Waals surface area contributed by atoms with Crippen LogP contribution in [-0.2, 0) is 19.1 Å². The van der Waals surface area contributed by atoms with Crippen LogP contribution in [0.5, 0.6) is 5.75 Å². The minimum absolute atomic E-state index is 0.633. The first-order valence-corrected chi connectivity index (χ1v) is 11.1. The molecule has 1 aromatic carbocycles. The number of benzene rings is 1. The van der Waals surface area contributed by atoms with Crippen LogP contribution in [0.1, 0.15) is 42.4 Å². The largest absolute Gasteiger partial charge is 0.494 e. The number of pyridine rings is 1. The average molecular weight is 434 g/mol. The van der Waals surface area contributed by atoms with Gasteiger partial charge in [-0.25, -0.2) is 4.98 Å². The van der Waals surface area contributed by atoms with Crippen LogP contribution < -0.4 is 9.64 Å². The Morgan fingerprint density at radius 3 is 2.58 bits per heavy atom. The molecule has 7 heteroatoms. The summed E-state index contributed by atoms with van der Waals surface area (Å²) in [5.41, 5.74) is 2.10. The second-order valence-electron chi connectivity index (χ2n) is 8.74. The number of ether oxygens (including phenoxy) is 1. The first kappa shape index (κ1) is 21.9. The van der Waals surface area contributed by atoms with Crippen LogP contribution in [0.3, 0.4) is 0 Å². The van der Waals surface area contributed by atoms with Gasteiger partial charge in [0.1, 0.15) is 11.6 Å². The maximum absolute atomic E-state index is 12.7. The summed E-state index contributed by atoms with van der Waals surface area (Å²) < 4.78 is 44.1. The lowest BCUT2D eigenvalue weighted by molar-refractivity contribution is -0.137. The van der Waals surface area contributed by atoms with Gasteiger partial charge in [-0.2, -0.15) is 13.2 Å². The Morgan fingerprint density at radius 1 is 1.06 bits per heavy atom. The molecule has 3 heterocycles. The number of hydrogen-bond donors (Lipinski definition) is 0. The topological polar surface area (TPSA) is 28.6 Å². The molecule has 0 unspecified atom stereocenters. The van der Waals surface area contributed by atoms with Crippen LogP contribution in [0.2, 0.25) is 0 Å². The molecule has 1 fully saturated rings. The molecular weight excluding hydrogens is 403 g/mol. The lowest BCUT2D eigenvalue weighted by Gasteiger charge is -2.33. The van der Waals surface area contributed by atoms with E-state index >= 15 is 0 Å². The molecule has 2 aliphatic heterocycles. The normalized spacial score (nSPS) is 18.1. The van der Waals surface area contributed by atoms with Crippen LogP contribution in [0.4, 0.5) is 19.0 Å². The predicted molar refractivity (Wildman–Crippen MR) is 115 cm³/mol. The highest BCUT2D eigenvalue weighted by Crippen LogP contribution is 2.31. The number of rotatable bonds is 6. The molecule has 0 radical (unpaired) electrons. The molecule has 168 valence electrons. The molecule has 0 aliphatic carbocycles. The van der Waals surface area contributed by atoms with Crippen molar-refractivity contribution in [2.45, 2.75) is 44.8 Å². The number of anilines is 1. The van der Waals surface area contributed by atoms with Crippen LogP contribution >= 0.6 is 0 Å². The van der Waals surface area contributed by atoms with E-state index < -0.39 is 11.7 Å². The second-order valence-corrected chi connectivity index (χ2v) is 8.74. The van der Waals surface area contributed by atoms with Gasteiger partial charge in [-0.1, -0.05) is 6.07 Å². The Bertz CT molecular complexity index is 861. The van der Waals surface area contributed by atoms with E-state index in [-0.39, 0.29) is 0 Å². The highest BCUT2D eigenvalue weighted by molar-refractivity contribution is 5.40. The Hall–Kier alpha value is -2.28. The van der Waals surface area contributed by atoms with Gasteiger partial charge in [0.15, 0.2) is 0 Å². The molecule has 0 atom stereocenters. The van der Waals surface area contributed by atoms with Crippen molar-refractivity contribution in [3.05, 3.63) is 53.2 Å². The number of halogens is 3. The molecule has 4 nitrogen and oxygen atoms in total. The lowest BCUT2D eigenvalue weighted by Crippen LogP contribution is -2.34. The zero-order valence-electron chi connectivity index (χ0n) is 18.0. The minimum atomic E-state index is -4.34. The highest BCUT2D eigenvalue weighted by Gasteiger charge is 2.31. The number of aromatic nitrogens is 1. The lowest BCUT2D eigenvalue weighted by atomic mass is 9.92. The fourth-order valence-electron chi connectivity index (χ4n) is 4.51. The van der Waals surface area contributed by atoms with Crippen molar-refractivity contribution in [3.63, 3.8) is 0 Å². The summed E-state index contributed by atoms with van der Waals surface area (Å²) in [6.45, 7) is 4.50. The molecule has 0 N–H and O–H groups in total. The first-order valence-electron chi connectivity index (χ1n) is 11.1. The second kappa shape index (κ2) is 9.47. The highest BCUT2D eigenvalue weighted by atomic mass is 19.4. The van der Waals surface area contributed by atoms with Crippen molar-refractivity contribution in [1.29, 1.82) is 0 Å². The van der Waals surface area contributed by atoms with Gasteiger partial charge in [-0.15, -0.1) is 0 Å². The van der Waals surface area contributed by atoms with E-state index in [1.807, 2.05) is 0 Å². The van der Waals surface area contributed by atoms with E-state index in [0.29, 0.717) is 11.7 Å². The SMILES string of the molecule is CN1CCc2cc(OCCCC3CCN(c4ccc(C(F)(F)F)cn4)CC3)ccc2C1. The van der Waals surface area contributed by atoms with Crippen LogP contribution in [0.15, 0.2) is 36.5 Å². The Kier molecular flexibility index (Phi) is 6.70. The molecule has 2 aromatic rings. The van der Waals surface area contributed by atoms with Crippen molar-refractivity contribution < 1.29 is 17.9 Å². The summed E-state index contributed by atoms with van der Waals surface area (Å²) in [6, 6.07) is 9.05. The molecule has 0 amide bonds. The quantitative estimate of drug-likeness (QED) is 0.588. The number of hydrogen-bond acceptors (Lipinski definition) is 4. The zero-order chi connectivity index (χ0) is 21.8. The number of alkyl halides is 3. The van der Waals surface area contributed by atoms with Gasteiger partial charge in [0.05, 0.1) is 12.2 Å². The van der Waals surface area contributed by atoms with Crippen LogP contribution in [-0.4, -0.2) is 43.2 Å². The molecule has 1 aromatic heterocycles. The molecular formula is C24H30F3N3O. The van der Waals surface area contributed by atoms with Crippen LogP contribution in [0.25, 0.3) is 0 Å². The molecule has 0 saturated carbocycles. The van der Waals surface area contributed by atoms with E-state index in [4.69, 9.17) is 4.74 Å². The fraction of sp³-hybridized carbons (Fsp3) is 0.542. The zero-order valence-corrected chi connectivity index (χ0v) is 18.0. The fourth-order valence-corrected chi connectivity index (χ4v) is 4.51. The molecule has 2 aliphatic rings. The van der Waals surface area contributed by atoms with E-state index in [1.165, 1.54) is 17.2 Å². The molecule has 4 rings (SSSR count). The summed E-state index contributed by atoms with van der Waals surface area (Å²) in [7, 11) is 2.15. The smallest absolute Gasteiger partial charge is 0.417 e. The third kappa shape index (κ3) is 5.70. The van der Waals surface area contributed by atoms with Gasteiger partial charge in [-0.3, -0.25) is 0 Å².